The van der Waals surface area contributed by atoms with Crippen LogP contribution >= 0.6 is 11.3 Å². The van der Waals surface area contributed by atoms with E-state index in [1.54, 1.807) is 24.4 Å². The van der Waals surface area contributed by atoms with Crippen molar-refractivity contribution in [1.29, 1.82) is 0 Å². The summed E-state index contributed by atoms with van der Waals surface area (Å²) in [5, 5.41) is 11.6. The summed E-state index contributed by atoms with van der Waals surface area (Å²) in [4.78, 5) is 22.0. The normalized spacial score (nSPS) is 16.0. The average molecular weight is 579 g/mol. The Balaban J connectivity index is 1.51. The van der Waals surface area contributed by atoms with E-state index in [4.69, 9.17) is 15.2 Å². The number of pyridine rings is 1. The van der Waals surface area contributed by atoms with E-state index in [9.17, 15) is 13.6 Å². The van der Waals surface area contributed by atoms with Crippen LogP contribution in [0, 0.1) is 17.8 Å². The highest BCUT2D eigenvalue weighted by Crippen LogP contribution is 2.36. The van der Waals surface area contributed by atoms with Crippen LogP contribution in [0.2, 0.25) is 0 Å². The van der Waals surface area contributed by atoms with E-state index >= 15 is 0 Å². The molecule has 0 spiro atoms. The molecule has 0 radical (unpaired) electrons. The molecule has 212 valence electrons. The summed E-state index contributed by atoms with van der Waals surface area (Å²) >= 11 is 1.16. The van der Waals surface area contributed by atoms with E-state index in [-0.39, 0.29) is 28.0 Å². The molecule has 1 saturated carbocycles. The maximum absolute atomic E-state index is 13.6. The maximum Gasteiger partial charge on any atom is 0.280 e. The first-order valence-electron chi connectivity index (χ1n) is 13.1. The van der Waals surface area contributed by atoms with Crippen molar-refractivity contribution in [2.24, 2.45) is 16.6 Å². The largest absolute Gasteiger partial charge is 0.494 e. The van der Waals surface area contributed by atoms with Crippen LogP contribution in [0.25, 0.3) is 16.7 Å². The van der Waals surface area contributed by atoms with Crippen LogP contribution in [0.5, 0.6) is 5.75 Å². The molecule has 1 aromatic carbocycles. The minimum absolute atomic E-state index is 0.114. The van der Waals surface area contributed by atoms with Gasteiger partial charge in [-0.05, 0) is 60.9 Å². The van der Waals surface area contributed by atoms with Gasteiger partial charge >= 0.3 is 0 Å². The third-order valence-corrected chi connectivity index (χ3v) is 7.37. The molecule has 3 N–H and O–H groups in total. The lowest BCUT2D eigenvalue weighted by atomic mass is 9.94. The Morgan fingerprint density at radius 1 is 1.22 bits per heavy atom. The molecule has 2 aliphatic rings. The summed E-state index contributed by atoms with van der Waals surface area (Å²) in [5.74, 6) is 6.22. The standard InChI is InChI=1S/C29H28F2N6O3S/c1-39-25-16-34-24(27(30)31)13-23(25)22-12-18(19(14-32)15-33-20-8-10-40-11-9-20)5-6-21(22)28(38)35-29-37-36-26(41-29)7-4-17-2-3-17/h5-6,12-17,20,27H,2-3,8-11,32H2,1H3,(H,35,37,38)/b19-14+,33-15?. The predicted octanol–water partition coefficient (Wildman–Crippen LogP) is 5.11. The van der Waals surface area contributed by atoms with Crippen molar-refractivity contribution in [3.8, 4) is 28.7 Å². The first-order chi connectivity index (χ1) is 19.9. The molecular formula is C29H28F2N6O3S. The molecule has 0 unspecified atom stereocenters. The maximum atomic E-state index is 13.6. The van der Waals surface area contributed by atoms with Crippen LogP contribution in [-0.2, 0) is 4.74 Å². The Hall–Kier alpha value is -4.21. The number of hydrogen-bond donors (Lipinski definition) is 2. The van der Waals surface area contributed by atoms with Crippen molar-refractivity contribution < 1.29 is 23.0 Å². The number of methoxy groups -OCH3 is 1. The zero-order chi connectivity index (χ0) is 28.8. The van der Waals surface area contributed by atoms with Gasteiger partial charge in [0.15, 0.2) is 5.01 Å². The molecule has 41 heavy (non-hydrogen) atoms. The molecule has 1 aliphatic heterocycles. The van der Waals surface area contributed by atoms with Gasteiger partial charge in [-0.3, -0.25) is 20.1 Å². The molecule has 0 atom stereocenters. The van der Waals surface area contributed by atoms with Crippen LogP contribution in [-0.4, -0.2) is 53.7 Å². The minimum Gasteiger partial charge on any atom is -0.494 e. The average Bonchev–Trinajstić information content (AvgIpc) is 3.73. The number of nitrogens with one attached hydrogen (secondary N) is 1. The number of rotatable bonds is 8. The number of halogens is 2. The smallest absolute Gasteiger partial charge is 0.280 e. The molecule has 3 aromatic rings. The van der Waals surface area contributed by atoms with Crippen molar-refractivity contribution in [3.05, 3.63) is 58.5 Å². The second kappa shape index (κ2) is 13.0. The summed E-state index contributed by atoms with van der Waals surface area (Å²) in [6, 6.07) is 6.36. The molecule has 3 heterocycles. The van der Waals surface area contributed by atoms with Crippen molar-refractivity contribution in [3.63, 3.8) is 0 Å². The molecule has 5 rings (SSSR count). The lowest BCUT2D eigenvalue weighted by Gasteiger charge is -2.18. The second-order valence-electron chi connectivity index (χ2n) is 9.52. The number of allylic oxidation sites excluding steroid dienone is 1. The number of carbonyl (C=O) groups is 1. The fraction of sp³-hybridized carbons (Fsp3) is 0.345. The van der Waals surface area contributed by atoms with E-state index in [2.05, 4.69) is 37.3 Å². The van der Waals surface area contributed by atoms with Crippen molar-refractivity contribution in [2.45, 2.75) is 38.2 Å². The number of anilines is 1. The van der Waals surface area contributed by atoms with Gasteiger partial charge < -0.3 is 15.2 Å². The van der Waals surface area contributed by atoms with E-state index in [0.29, 0.717) is 40.8 Å². The quantitative estimate of drug-likeness (QED) is 0.281. The zero-order valence-electron chi connectivity index (χ0n) is 22.3. The van der Waals surface area contributed by atoms with Gasteiger partial charge in [-0.2, -0.15) is 0 Å². The number of ether oxygens (including phenoxy) is 2. The van der Waals surface area contributed by atoms with Crippen LogP contribution in [0.3, 0.4) is 0 Å². The molecule has 1 amide bonds. The van der Waals surface area contributed by atoms with Crippen LogP contribution in [0.15, 0.2) is 41.7 Å². The zero-order valence-corrected chi connectivity index (χ0v) is 23.1. The number of aliphatic imine (C=N–C) groups is 1. The molecule has 1 aliphatic carbocycles. The Labute approximate surface area is 239 Å². The lowest BCUT2D eigenvalue weighted by molar-refractivity contribution is 0.0872. The number of hydrogen-bond acceptors (Lipinski definition) is 9. The lowest BCUT2D eigenvalue weighted by Crippen LogP contribution is -2.18. The van der Waals surface area contributed by atoms with E-state index in [0.717, 1.165) is 37.0 Å². The number of nitrogens with two attached hydrogens (primary N) is 1. The third kappa shape index (κ3) is 7.11. The fourth-order valence-electron chi connectivity index (χ4n) is 4.21. The minimum atomic E-state index is -2.82. The number of nitrogens with zero attached hydrogens (tertiary/aromatic N) is 4. The Kier molecular flexibility index (Phi) is 8.96. The summed E-state index contributed by atoms with van der Waals surface area (Å²) in [5.41, 5.74) is 7.59. The molecule has 12 heteroatoms. The number of benzene rings is 1. The monoisotopic (exact) mass is 578 g/mol. The Bertz CT molecular complexity index is 1530. The van der Waals surface area contributed by atoms with Crippen LogP contribution in [0.4, 0.5) is 13.9 Å². The summed E-state index contributed by atoms with van der Waals surface area (Å²) < 4.78 is 38.1. The van der Waals surface area contributed by atoms with Gasteiger partial charge in [-0.25, -0.2) is 8.78 Å². The van der Waals surface area contributed by atoms with Gasteiger partial charge in [0.05, 0.1) is 19.3 Å². The van der Waals surface area contributed by atoms with E-state index in [1.807, 2.05) is 0 Å². The highest BCUT2D eigenvalue weighted by atomic mass is 32.1. The summed E-state index contributed by atoms with van der Waals surface area (Å²) in [7, 11) is 1.41. The molecule has 2 aromatic heterocycles. The van der Waals surface area contributed by atoms with Crippen LogP contribution < -0.4 is 15.8 Å². The van der Waals surface area contributed by atoms with Gasteiger partial charge in [0.25, 0.3) is 12.3 Å². The van der Waals surface area contributed by atoms with Crippen molar-refractivity contribution in [2.75, 3.05) is 25.6 Å². The van der Waals surface area contributed by atoms with Crippen molar-refractivity contribution >= 4 is 34.2 Å². The number of alkyl halides is 2. The van der Waals surface area contributed by atoms with Gasteiger partial charge in [-0.15, -0.1) is 10.2 Å². The molecule has 0 bridgehead atoms. The third-order valence-electron chi connectivity index (χ3n) is 6.62. The molecule has 9 nitrogen and oxygen atoms in total. The topological polar surface area (TPSA) is 125 Å². The van der Waals surface area contributed by atoms with E-state index < -0.39 is 18.0 Å². The molecule has 2 fully saturated rings. The fourth-order valence-corrected chi connectivity index (χ4v) is 4.81. The van der Waals surface area contributed by atoms with Gasteiger partial charge in [0.1, 0.15) is 11.4 Å². The highest BCUT2D eigenvalue weighted by Gasteiger charge is 2.22. The summed E-state index contributed by atoms with van der Waals surface area (Å²) in [6.07, 6.45) is 5.29. The Morgan fingerprint density at radius 3 is 2.73 bits per heavy atom. The first kappa shape index (κ1) is 28.3. The van der Waals surface area contributed by atoms with Crippen LogP contribution in [0.1, 0.15) is 58.7 Å². The summed E-state index contributed by atoms with van der Waals surface area (Å²) in [6.45, 7) is 1.30. The highest BCUT2D eigenvalue weighted by molar-refractivity contribution is 7.15. The van der Waals surface area contributed by atoms with Gasteiger partial charge in [0.2, 0.25) is 5.13 Å². The second-order valence-corrected chi connectivity index (χ2v) is 10.5. The molecular weight excluding hydrogens is 550 g/mol. The Morgan fingerprint density at radius 2 is 2.02 bits per heavy atom. The predicted molar refractivity (Wildman–Crippen MR) is 153 cm³/mol. The van der Waals surface area contributed by atoms with Crippen molar-refractivity contribution in [1.82, 2.24) is 15.2 Å². The first-order valence-corrected chi connectivity index (χ1v) is 13.9. The number of carbonyl (C=O) groups excluding carboxylic acids is 1. The SMILES string of the molecule is COc1cnc(C(F)F)cc1-c1cc(/C(C=NC2CCOCC2)=C/N)ccc1C(=O)Nc1nnc(C#CC2CC2)s1. The number of amides is 1. The van der Waals surface area contributed by atoms with Gasteiger partial charge in [-0.1, -0.05) is 23.3 Å². The molecule has 1 saturated heterocycles. The van der Waals surface area contributed by atoms with Gasteiger partial charge in [0, 0.05) is 48.2 Å². The van der Waals surface area contributed by atoms with E-state index in [1.165, 1.54) is 25.6 Å². The number of aromatic nitrogens is 3.